The molecule has 0 unspecified atom stereocenters. The second kappa shape index (κ2) is 10.0. The lowest BCUT2D eigenvalue weighted by molar-refractivity contribution is -0.118. The van der Waals surface area contributed by atoms with Gasteiger partial charge in [0.2, 0.25) is 5.91 Å². The standard InChI is InChI=1S/C30H30N4O/c31-30(32)23-13-10-21(11-14-23)12-17-29(35)34-18-4-8-24-19-26(15-16-28(24)34)33-20-25-7-3-6-22-5-1-2-9-27(22)25/h1-3,5-7,9-11,13-16,19,33H,4,8,12,17-18,20H2,(H3,31,32). The lowest BCUT2D eigenvalue weighted by atomic mass is 9.99. The first-order chi connectivity index (χ1) is 17.1. The zero-order valence-corrected chi connectivity index (χ0v) is 19.8. The summed E-state index contributed by atoms with van der Waals surface area (Å²) in [7, 11) is 0. The highest BCUT2D eigenvalue weighted by Crippen LogP contribution is 2.31. The number of anilines is 2. The average Bonchev–Trinajstić information content (AvgIpc) is 2.90. The molecule has 5 nitrogen and oxygen atoms in total. The molecule has 0 aromatic heterocycles. The second-order valence-electron chi connectivity index (χ2n) is 9.09. The Labute approximate surface area is 206 Å². The lowest BCUT2D eigenvalue weighted by Gasteiger charge is -2.30. The van der Waals surface area contributed by atoms with Crippen molar-refractivity contribution >= 4 is 33.9 Å². The number of hydrogen-bond donors (Lipinski definition) is 3. The molecule has 0 fully saturated rings. The van der Waals surface area contributed by atoms with Crippen LogP contribution in [0.25, 0.3) is 10.8 Å². The van der Waals surface area contributed by atoms with Gasteiger partial charge in [0.25, 0.3) is 0 Å². The van der Waals surface area contributed by atoms with Crippen molar-refractivity contribution in [3.05, 3.63) is 107 Å². The van der Waals surface area contributed by atoms with Crippen LogP contribution in [0, 0.1) is 5.41 Å². The van der Waals surface area contributed by atoms with Crippen molar-refractivity contribution in [1.29, 1.82) is 5.41 Å². The highest BCUT2D eigenvalue weighted by atomic mass is 16.2. The van der Waals surface area contributed by atoms with Crippen LogP contribution in [0.15, 0.2) is 84.9 Å². The fourth-order valence-corrected chi connectivity index (χ4v) is 4.85. The van der Waals surface area contributed by atoms with E-state index in [9.17, 15) is 4.79 Å². The third kappa shape index (κ3) is 5.04. The van der Waals surface area contributed by atoms with E-state index in [1.807, 2.05) is 29.2 Å². The van der Waals surface area contributed by atoms with Crippen molar-refractivity contribution in [1.82, 2.24) is 0 Å². The maximum Gasteiger partial charge on any atom is 0.227 e. The zero-order chi connectivity index (χ0) is 24.2. The van der Waals surface area contributed by atoms with Crippen LogP contribution in [0.5, 0.6) is 0 Å². The zero-order valence-electron chi connectivity index (χ0n) is 19.8. The fourth-order valence-electron chi connectivity index (χ4n) is 4.85. The van der Waals surface area contributed by atoms with Crippen LogP contribution < -0.4 is 16.0 Å². The average molecular weight is 463 g/mol. The van der Waals surface area contributed by atoms with E-state index in [1.54, 1.807) is 0 Å². The molecule has 1 aliphatic rings. The molecule has 4 aromatic rings. The van der Waals surface area contributed by atoms with Gasteiger partial charge in [-0.15, -0.1) is 0 Å². The number of nitrogens with one attached hydrogen (secondary N) is 2. The molecule has 1 heterocycles. The molecule has 0 saturated carbocycles. The summed E-state index contributed by atoms with van der Waals surface area (Å²) >= 11 is 0. The Balaban J connectivity index is 1.25. The van der Waals surface area contributed by atoms with Crippen molar-refractivity contribution in [2.24, 2.45) is 5.73 Å². The van der Waals surface area contributed by atoms with Crippen molar-refractivity contribution in [2.75, 3.05) is 16.8 Å². The van der Waals surface area contributed by atoms with Crippen LogP contribution in [0.3, 0.4) is 0 Å². The first-order valence-electron chi connectivity index (χ1n) is 12.2. The molecule has 0 atom stereocenters. The van der Waals surface area contributed by atoms with E-state index in [-0.39, 0.29) is 11.7 Å². The number of amides is 1. The monoisotopic (exact) mass is 462 g/mol. The van der Waals surface area contributed by atoms with Crippen LogP contribution >= 0.6 is 0 Å². The van der Waals surface area contributed by atoms with E-state index in [0.717, 1.165) is 42.9 Å². The smallest absolute Gasteiger partial charge is 0.227 e. The Bertz CT molecular complexity index is 1370. The normalized spacial score (nSPS) is 12.9. The summed E-state index contributed by atoms with van der Waals surface area (Å²) in [5, 5.41) is 13.6. The first kappa shape index (κ1) is 22.7. The topological polar surface area (TPSA) is 82.2 Å². The van der Waals surface area contributed by atoms with Crippen molar-refractivity contribution < 1.29 is 4.79 Å². The molecular formula is C30H30N4O. The molecule has 0 spiro atoms. The van der Waals surface area contributed by atoms with Gasteiger partial charge in [-0.05, 0) is 64.9 Å². The summed E-state index contributed by atoms with van der Waals surface area (Å²) in [6.45, 7) is 1.52. The number of carbonyl (C=O) groups excluding carboxylic acids is 1. The van der Waals surface area contributed by atoms with E-state index < -0.39 is 0 Å². The quantitative estimate of drug-likeness (QED) is 0.245. The van der Waals surface area contributed by atoms with Gasteiger partial charge in [0, 0.05) is 36.4 Å². The second-order valence-corrected chi connectivity index (χ2v) is 9.09. The molecule has 35 heavy (non-hydrogen) atoms. The number of hydrogen-bond acceptors (Lipinski definition) is 3. The van der Waals surface area contributed by atoms with E-state index in [1.165, 1.54) is 21.9 Å². The van der Waals surface area contributed by atoms with Crippen LogP contribution in [0.2, 0.25) is 0 Å². The minimum atomic E-state index is 0.0588. The summed E-state index contributed by atoms with van der Waals surface area (Å²) in [5.74, 6) is 0.210. The number of fused-ring (bicyclic) bond motifs is 2. The van der Waals surface area contributed by atoms with Gasteiger partial charge in [-0.25, -0.2) is 0 Å². The molecule has 0 aliphatic carbocycles. The van der Waals surface area contributed by atoms with Crippen molar-refractivity contribution in [2.45, 2.75) is 32.2 Å². The lowest BCUT2D eigenvalue weighted by Crippen LogP contribution is -2.35. The number of benzene rings is 4. The third-order valence-corrected chi connectivity index (χ3v) is 6.75. The van der Waals surface area contributed by atoms with Crippen LogP contribution in [0.1, 0.15) is 35.1 Å². The third-order valence-electron chi connectivity index (χ3n) is 6.75. The molecule has 5 heteroatoms. The highest BCUT2D eigenvalue weighted by molar-refractivity contribution is 5.96. The molecule has 1 aliphatic heterocycles. The van der Waals surface area contributed by atoms with Gasteiger partial charge in [-0.3, -0.25) is 10.2 Å². The Hall–Kier alpha value is -4.12. The number of amidine groups is 1. The maximum atomic E-state index is 13.1. The van der Waals surface area contributed by atoms with E-state index >= 15 is 0 Å². The predicted molar refractivity (Wildman–Crippen MR) is 144 cm³/mol. The van der Waals surface area contributed by atoms with E-state index in [4.69, 9.17) is 11.1 Å². The number of nitrogen functional groups attached to an aromatic ring is 1. The largest absolute Gasteiger partial charge is 0.384 e. The number of rotatable bonds is 7. The number of nitrogens with zero attached hydrogens (tertiary/aromatic N) is 1. The summed E-state index contributed by atoms with van der Waals surface area (Å²) in [6, 6.07) is 28.8. The van der Waals surface area contributed by atoms with Crippen LogP contribution in [0.4, 0.5) is 11.4 Å². The van der Waals surface area contributed by atoms with E-state index in [0.29, 0.717) is 18.4 Å². The molecule has 4 N–H and O–H groups in total. The predicted octanol–water partition coefficient (Wildman–Crippen LogP) is 5.65. The van der Waals surface area contributed by atoms with Crippen molar-refractivity contribution in [3.8, 4) is 0 Å². The molecule has 0 saturated heterocycles. The first-order valence-corrected chi connectivity index (χ1v) is 12.2. The minimum absolute atomic E-state index is 0.0588. The molecule has 1 amide bonds. The molecule has 4 aromatic carbocycles. The molecule has 0 bridgehead atoms. The Morgan fingerprint density at radius 3 is 2.60 bits per heavy atom. The molecule has 5 rings (SSSR count). The summed E-state index contributed by atoms with van der Waals surface area (Å²) < 4.78 is 0. The fraction of sp³-hybridized carbons (Fsp3) is 0.200. The highest BCUT2D eigenvalue weighted by Gasteiger charge is 2.22. The Morgan fingerprint density at radius 1 is 0.971 bits per heavy atom. The van der Waals surface area contributed by atoms with Gasteiger partial charge in [-0.2, -0.15) is 0 Å². The van der Waals surface area contributed by atoms with Gasteiger partial charge in [0.1, 0.15) is 5.84 Å². The molecule has 176 valence electrons. The number of nitrogens with two attached hydrogens (primary N) is 1. The molecule has 0 radical (unpaired) electrons. The summed E-state index contributed by atoms with van der Waals surface area (Å²) in [5.41, 5.74) is 11.9. The Kier molecular flexibility index (Phi) is 6.49. The summed E-state index contributed by atoms with van der Waals surface area (Å²) in [6.07, 6.45) is 3.09. The minimum Gasteiger partial charge on any atom is -0.384 e. The van der Waals surface area contributed by atoms with Gasteiger partial charge in [0.05, 0.1) is 0 Å². The van der Waals surface area contributed by atoms with Crippen LogP contribution in [-0.4, -0.2) is 18.3 Å². The van der Waals surface area contributed by atoms with Gasteiger partial charge >= 0.3 is 0 Å². The number of aryl methyl sites for hydroxylation is 2. The number of carbonyl (C=O) groups is 1. The van der Waals surface area contributed by atoms with Gasteiger partial charge < -0.3 is 16.0 Å². The Morgan fingerprint density at radius 2 is 1.77 bits per heavy atom. The van der Waals surface area contributed by atoms with E-state index in [2.05, 4.69) is 66.0 Å². The van der Waals surface area contributed by atoms with Gasteiger partial charge in [0.15, 0.2) is 0 Å². The molecular weight excluding hydrogens is 432 g/mol. The van der Waals surface area contributed by atoms with Crippen LogP contribution in [-0.2, 0) is 24.2 Å². The summed E-state index contributed by atoms with van der Waals surface area (Å²) in [4.78, 5) is 15.0. The van der Waals surface area contributed by atoms with Gasteiger partial charge in [-0.1, -0.05) is 66.7 Å². The SMILES string of the molecule is N=C(N)c1ccc(CCC(=O)N2CCCc3cc(NCc4cccc5ccccc45)ccc32)cc1. The van der Waals surface area contributed by atoms with Crippen molar-refractivity contribution in [3.63, 3.8) is 0 Å². The maximum absolute atomic E-state index is 13.1.